The van der Waals surface area contributed by atoms with Crippen molar-refractivity contribution in [3.8, 4) is 0 Å². The van der Waals surface area contributed by atoms with Crippen LogP contribution in [-0.4, -0.2) is 86.7 Å². The van der Waals surface area contributed by atoms with Gasteiger partial charge < -0.3 is 19.9 Å². The number of morpholine rings is 1. The number of hydrogen-bond acceptors (Lipinski definition) is 4. The van der Waals surface area contributed by atoms with Gasteiger partial charge in [0.25, 0.3) is 0 Å². The van der Waals surface area contributed by atoms with E-state index in [9.17, 15) is 0 Å². The summed E-state index contributed by atoms with van der Waals surface area (Å²) in [7, 11) is 4.20. The zero-order valence-corrected chi connectivity index (χ0v) is 17.2. The molecule has 0 radical (unpaired) electrons. The van der Waals surface area contributed by atoms with E-state index in [0.29, 0.717) is 6.04 Å². The molecule has 1 unspecified atom stereocenters. The lowest BCUT2D eigenvalue weighted by Gasteiger charge is -2.32. The summed E-state index contributed by atoms with van der Waals surface area (Å²) in [6, 6.07) is 9.45. The number of ether oxygens (including phenoxy) is 1. The Balaban J connectivity index is 1.57. The minimum absolute atomic E-state index is 0.628. The van der Waals surface area contributed by atoms with Crippen LogP contribution in [0.25, 0.3) is 0 Å². The van der Waals surface area contributed by atoms with Crippen molar-refractivity contribution < 1.29 is 4.74 Å². The van der Waals surface area contributed by atoms with Gasteiger partial charge in [-0.05, 0) is 38.6 Å². The molecule has 0 saturated carbocycles. The Morgan fingerprint density at radius 3 is 2.52 bits per heavy atom. The number of nitrogens with one attached hydrogen (secondary N) is 1. The quantitative estimate of drug-likeness (QED) is 0.606. The predicted molar refractivity (Wildman–Crippen MR) is 111 cm³/mol. The number of aliphatic imine (C=N–C) groups is 1. The second kappa shape index (κ2) is 10.1. The second-order valence-corrected chi connectivity index (χ2v) is 7.76. The standard InChI is InChI=1S/C21H35N5O/c1-4-22-21(23-15-18-5-7-19(8-6-18)16-24(2)3)26-10-9-20(17-26)25-11-13-27-14-12-25/h5-8,20H,4,9-17H2,1-3H3,(H,22,23). The van der Waals surface area contributed by atoms with Gasteiger partial charge in [-0.2, -0.15) is 0 Å². The molecule has 3 rings (SSSR count). The largest absolute Gasteiger partial charge is 0.379 e. The van der Waals surface area contributed by atoms with Gasteiger partial charge in [0, 0.05) is 45.3 Å². The highest BCUT2D eigenvalue weighted by Gasteiger charge is 2.30. The first-order valence-corrected chi connectivity index (χ1v) is 10.2. The van der Waals surface area contributed by atoms with E-state index in [0.717, 1.165) is 65.0 Å². The van der Waals surface area contributed by atoms with Gasteiger partial charge in [0.1, 0.15) is 0 Å². The molecular weight excluding hydrogens is 338 g/mol. The summed E-state index contributed by atoms with van der Waals surface area (Å²) in [4.78, 5) is 12.1. The maximum Gasteiger partial charge on any atom is 0.194 e. The van der Waals surface area contributed by atoms with Crippen LogP contribution in [0.5, 0.6) is 0 Å². The zero-order valence-electron chi connectivity index (χ0n) is 17.2. The first-order chi connectivity index (χ1) is 13.2. The summed E-state index contributed by atoms with van der Waals surface area (Å²) < 4.78 is 5.50. The Kier molecular flexibility index (Phi) is 7.50. The number of rotatable bonds is 6. The molecular formula is C21H35N5O. The van der Waals surface area contributed by atoms with Crippen LogP contribution in [0.15, 0.2) is 29.3 Å². The van der Waals surface area contributed by atoms with Crippen molar-refractivity contribution in [3.63, 3.8) is 0 Å². The number of hydrogen-bond donors (Lipinski definition) is 1. The van der Waals surface area contributed by atoms with E-state index in [-0.39, 0.29) is 0 Å². The molecule has 2 aliphatic rings. The average Bonchev–Trinajstić information content (AvgIpc) is 3.17. The van der Waals surface area contributed by atoms with E-state index in [2.05, 4.69) is 65.3 Å². The van der Waals surface area contributed by atoms with Crippen molar-refractivity contribution in [2.45, 2.75) is 32.5 Å². The third-order valence-corrected chi connectivity index (χ3v) is 5.29. The molecule has 0 bridgehead atoms. The number of likely N-dealkylation sites (tertiary alicyclic amines) is 1. The molecule has 1 aromatic carbocycles. The van der Waals surface area contributed by atoms with Crippen molar-refractivity contribution in [2.24, 2.45) is 4.99 Å². The Bertz CT molecular complexity index is 595. The summed E-state index contributed by atoms with van der Waals surface area (Å²) in [6.45, 7) is 10.7. The minimum Gasteiger partial charge on any atom is -0.379 e. The normalized spacial score (nSPS) is 21.9. The van der Waals surface area contributed by atoms with Gasteiger partial charge in [0.15, 0.2) is 5.96 Å². The minimum atomic E-state index is 0.628. The van der Waals surface area contributed by atoms with Crippen molar-refractivity contribution in [2.75, 3.05) is 60.0 Å². The van der Waals surface area contributed by atoms with Crippen LogP contribution in [0.1, 0.15) is 24.5 Å². The molecule has 0 spiro atoms. The van der Waals surface area contributed by atoms with E-state index in [1.807, 2.05) is 0 Å². The Labute approximate surface area is 164 Å². The monoisotopic (exact) mass is 373 g/mol. The van der Waals surface area contributed by atoms with Crippen LogP contribution in [0.3, 0.4) is 0 Å². The van der Waals surface area contributed by atoms with E-state index < -0.39 is 0 Å². The van der Waals surface area contributed by atoms with Crippen LogP contribution < -0.4 is 5.32 Å². The molecule has 2 heterocycles. The summed E-state index contributed by atoms with van der Waals surface area (Å²) in [5.41, 5.74) is 2.60. The lowest BCUT2D eigenvalue weighted by molar-refractivity contribution is 0.0195. The van der Waals surface area contributed by atoms with Gasteiger partial charge in [-0.1, -0.05) is 24.3 Å². The van der Waals surface area contributed by atoms with Crippen LogP contribution in [0.4, 0.5) is 0 Å². The molecule has 1 aromatic rings. The molecule has 2 aliphatic heterocycles. The molecule has 1 atom stereocenters. The van der Waals surface area contributed by atoms with Crippen LogP contribution in [-0.2, 0) is 17.8 Å². The Hall–Kier alpha value is -1.63. The van der Waals surface area contributed by atoms with E-state index in [4.69, 9.17) is 9.73 Å². The molecule has 27 heavy (non-hydrogen) atoms. The topological polar surface area (TPSA) is 43.3 Å². The highest BCUT2D eigenvalue weighted by molar-refractivity contribution is 5.80. The van der Waals surface area contributed by atoms with Gasteiger partial charge in [-0.15, -0.1) is 0 Å². The highest BCUT2D eigenvalue weighted by Crippen LogP contribution is 2.17. The molecule has 6 heteroatoms. The fourth-order valence-electron chi connectivity index (χ4n) is 3.88. The highest BCUT2D eigenvalue weighted by atomic mass is 16.5. The third kappa shape index (κ3) is 5.92. The molecule has 6 nitrogen and oxygen atoms in total. The first-order valence-electron chi connectivity index (χ1n) is 10.2. The van der Waals surface area contributed by atoms with Crippen LogP contribution in [0, 0.1) is 0 Å². The number of nitrogens with zero attached hydrogens (tertiary/aromatic N) is 4. The third-order valence-electron chi connectivity index (χ3n) is 5.29. The average molecular weight is 374 g/mol. The maximum atomic E-state index is 5.50. The van der Waals surface area contributed by atoms with E-state index in [1.165, 1.54) is 17.5 Å². The van der Waals surface area contributed by atoms with Gasteiger partial charge in [0.2, 0.25) is 0 Å². The van der Waals surface area contributed by atoms with E-state index >= 15 is 0 Å². The molecule has 150 valence electrons. The summed E-state index contributed by atoms with van der Waals surface area (Å²) >= 11 is 0. The maximum absolute atomic E-state index is 5.50. The smallest absolute Gasteiger partial charge is 0.194 e. The summed E-state index contributed by atoms with van der Waals surface area (Å²) in [6.07, 6.45) is 1.21. The van der Waals surface area contributed by atoms with Gasteiger partial charge in [-0.25, -0.2) is 4.99 Å². The molecule has 0 aromatic heterocycles. The molecule has 0 amide bonds. The Morgan fingerprint density at radius 2 is 1.85 bits per heavy atom. The predicted octanol–water partition coefficient (Wildman–Crippen LogP) is 1.62. The van der Waals surface area contributed by atoms with Crippen LogP contribution in [0.2, 0.25) is 0 Å². The zero-order chi connectivity index (χ0) is 19.1. The van der Waals surface area contributed by atoms with Crippen molar-refractivity contribution in [3.05, 3.63) is 35.4 Å². The fourth-order valence-corrected chi connectivity index (χ4v) is 3.88. The van der Waals surface area contributed by atoms with Crippen molar-refractivity contribution >= 4 is 5.96 Å². The van der Waals surface area contributed by atoms with Crippen molar-refractivity contribution in [1.29, 1.82) is 0 Å². The molecule has 0 aliphatic carbocycles. The van der Waals surface area contributed by atoms with E-state index in [1.54, 1.807) is 0 Å². The van der Waals surface area contributed by atoms with Gasteiger partial charge in [-0.3, -0.25) is 4.90 Å². The molecule has 2 saturated heterocycles. The van der Waals surface area contributed by atoms with Gasteiger partial charge >= 0.3 is 0 Å². The lowest BCUT2D eigenvalue weighted by atomic mass is 10.1. The molecule has 1 N–H and O–H groups in total. The number of guanidine groups is 1. The number of benzene rings is 1. The first kappa shape index (κ1) is 20.1. The SMILES string of the molecule is CCNC(=NCc1ccc(CN(C)C)cc1)N1CCC(N2CCOCC2)C1. The second-order valence-electron chi connectivity index (χ2n) is 7.76. The van der Waals surface area contributed by atoms with Crippen LogP contribution >= 0.6 is 0 Å². The summed E-state index contributed by atoms with van der Waals surface area (Å²) in [5.74, 6) is 1.05. The lowest BCUT2D eigenvalue weighted by Crippen LogP contribution is -2.46. The molecule has 2 fully saturated rings. The summed E-state index contributed by atoms with van der Waals surface area (Å²) in [5, 5.41) is 3.48. The van der Waals surface area contributed by atoms with Crippen molar-refractivity contribution in [1.82, 2.24) is 20.0 Å². The van der Waals surface area contributed by atoms with Gasteiger partial charge in [0.05, 0.1) is 19.8 Å². The Morgan fingerprint density at radius 1 is 1.15 bits per heavy atom. The fraction of sp³-hybridized carbons (Fsp3) is 0.667.